The molecule has 0 aromatic heterocycles. The van der Waals surface area contributed by atoms with E-state index in [1.165, 1.54) is 38.5 Å². The number of hydrogen-bond acceptors (Lipinski definition) is 1. The third kappa shape index (κ3) is 1.17. The van der Waals surface area contributed by atoms with Gasteiger partial charge in [0.25, 0.3) is 0 Å². The quantitative estimate of drug-likeness (QED) is 0.628. The summed E-state index contributed by atoms with van der Waals surface area (Å²) < 4.78 is 0. The van der Waals surface area contributed by atoms with Gasteiger partial charge in [-0.05, 0) is 68.1 Å². The number of aldehydes is 1. The first-order valence-corrected chi connectivity index (χ1v) is 6.34. The lowest BCUT2D eigenvalue weighted by atomic mass is 9.77. The summed E-state index contributed by atoms with van der Waals surface area (Å²) in [7, 11) is 0. The fourth-order valence-corrected chi connectivity index (χ4v) is 4.84. The van der Waals surface area contributed by atoms with Crippen LogP contribution in [0.2, 0.25) is 0 Å². The van der Waals surface area contributed by atoms with E-state index >= 15 is 0 Å². The molecule has 3 saturated carbocycles. The van der Waals surface area contributed by atoms with E-state index in [1.54, 1.807) is 0 Å². The highest BCUT2D eigenvalue weighted by molar-refractivity contribution is 5.49. The summed E-state index contributed by atoms with van der Waals surface area (Å²) in [5.74, 6) is 5.18. The normalized spacial score (nSPS) is 49.6. The third-order valence-corrected chi connectivity index (χ3v) is 5.23. The molecular weight excluding hydrogens is 172 g/mol. The Bertz CT molecular complexity index is 235. The van der Waals surface area contributed by atoms with Crippen molar-refractivity contribution in [2.45, 2.75) is 44.9 Å². The monoisotopic (exact) mass is 192 g/mol. The first kappa shape index (κ1) is 8.94. The van der Waals surface area contributed by atoms with Crippen molar-refractivity contribution < 1.29 is 4.79 Å². The van der Waals surface area contributed by atoms with Crippen molar-refractivity contribution >= 4 is 6.29 Å². The van der Waals surface area contributed by atoms with Gasteiger partial charge >= 0.3 is 0 Å². The average molecular weight is 192 g/mol. The molecular formula is C13H20O. The van der Waals surface area contributed by atoms with Gasteiger partial charge in [0, 0.05) is 6.42 Å². The van der Waals surface area contributed by atoms with Crippen molar-refractivity contribution in [1.82, 2.24) is 0 Å². The zero-order valence-corrected chi connectivity index (χ0v) is 8.82. The largest absolute Gasteiger partial charge is 0.303 e. The van der Waals surface area contributed by atoms with Crippen molar-refractivity contribution in [1.29, 1.82) is 0 Å². The number of carbonyl (C=O) groups excluding carboxylic acids is 1. The second-order valence-corrected chi connectivity index (χ2v) is 5.66. The molecule has 0 N–H and O–H groups in total. The zero-order valence-electron chi connectivity index (χ0n) is 8.82. The zero-order chi connectivity index (χ0) is 9.54. The van der Waals surface area contributed by atoms with Crippen LogP contribution in [0.15, 0.2) is 0 Å². The Hall–Kier alpha value is -0.330. The van der Waals surface area contributed by atoms with Crippen LogP contribution in [-0.4, -0.2) is 6.29 Å². The van der Waals surface area contributed by atoms with Gasteiger partial charge in [-0.15, -0.1) is 0 Å². The van der Waals surface area contributed by atoms with Crippen molar-refractivity contribution in [2.24, 2.45) is 29.6 Å². The van der Waals surface area contributed by atoms with E-state index in [0.717, 1.165) is 42.3 Å². The van der Waals surface area contributed by atoms with Crippen LogP contribution >= 0.6 is 0 Å². The van der Waals surface area contributed by atoms with Crippen molar-refractivity contribution in [3.63, 3.8) is 0 Å². The third-order valence-electron chi connectivity index (χ3n) is 5.23. The molecule has 1 nitrogen and oxygen atoms in total. The topological polar surface area (TPSA) is 17.1 Å². The van der Waals surface area contributed by atoms with E-state index in [2.05, 4.69) is 0 Å². The van der Waals surface area contributed by atoms with Crippen LogP contribution in [0.5, 0.6) is 0 Å². The van der Waals surface area contributed by atoms with Gasteiger partial charge in [0.1, 0.15) is 6.29 Å². The molecule has 14 heavy (non-hydrogen) atoms. The fourth-order valence-electron chi connectivity index (χ4n) is 4.84. The van der Waals surface area contributed by atoms with E-state index < -0.39 is 0 Å². The minimum absolute atomic E-state index is 0.811. The maximum Gasteiger partial charge on any atom is 0.120 e. The molecule has 0 aliphatic heterocycles. The van der Waals surface area contributed by atoms with Crippen LogP contribution in [0, 0.1) is 29.6 Å². The standard InChI is InChI=1S/C13H20O/c14-7-1-2-9-5-6-12-10-3-4-11(8-10)13(9)12/h7,9-13H,1-6,8H2/t9?,10?,11?,12?,13-/m1/s1. The van der Waals surface area contributed by atoms with Gasteiger partial charge in [-0.2, -0.15) is 0 Å². The number of rotatable bonds is 3. The maximum absolute atomic E-state index is 10.4. The van der Waals surface area contributed by atoms with E-state index in [-0.39, 0.29) is 0 Å². The minimum atomic E-state index is 0.811. The second kappa shape index (κ2) is 3.36. The lowest BCUT2D eigenvalue weighted by molar-refractivity contribution is -0.108. The molecule has 3 rings (SSSR count). The maximum atomic E-state index is 10.4. The Morgan fingerprint density at radius 2 is 1.93 bits per heavy atom. The van der Waals surface area contributed by atoms with E-state index in [4.69, 9.17) is 0 Å². The predicted octanol–water partition coefficient (Wildman–Crippen LogP) is 3.04. The molecule has 0 aromatic carbocycles. The van der Waals surface area contributed by atoms with Crippen LogP contribution in [0.4, 0.5) is 0 Å². The molecule has 0 spiro atoms. The van der Waals surface area contributed by atoms with Crippen LogP contribution in [0.1, 0.15) is 44.9 Å². The van der Waals surface area contributed by atoms with Crippen molar-refractivity contribution in [3.05, 3.63) is 0 Å². The summed E-state index contributed by atoms with van der Waals surface area (Å²) in [6.07, 6.45) is 10.6. The molecule has 3 aliphatic rings. The van der Waals surface area contributed by atoms with E-state index in [1.807, 2.05) is 0 Å². The Kier molecular flexibility index (Phi) is 2.14. The summed E-state index contributed by atoms with van der Waals surface area (Å²) >= 11 is 0. The summed E-state index contributed by atoms with van der Waals surface area (Å²) in [5, 5.41) is 0. The highest BCUT2D eigenvalue weighted by Crippen LogP contribution is 2.61. The SMILES string of the molecule is O=CCCC1CCC2C3CCC(C3)[C@@H]12. The molecule has 4 unspecified atom stereocenters. The van der Waals surface area contributed by atoms with Gasteiger partial charge in [0.2, 0.25) is 0 Å². The van der Waals surface area contributed by atoms with Crippen LogP contribution in [0.3, 0.4) is 0 Å². The van der Waals surface area contributed by atoms with Gasteiger partial charge in [-0.3, -0.25) is 0 Å². The summed E-state index contributed by atoms with van der Waals surface area (Å²) in [4.78, 5) is 10.4. The Labute approximate surface area is 86.3 Å². The smallest absolute Gasteiger partial charge is 0.120 e. The lowest BCUT2D eigenvalue weighted by Gasteiger charge is -2.28. The Morgan fingerprint density at radius 3 is 2.79 bits per heavy atom. The van der Waals surface area contributed by atoms with Gasteiger partial charge in [0.05, 0.1) is 0 Å². The van der Waals surface area contributed by atoms with Gasteiger partial charge < -0.3 is 4.79 Å². The first-order valence-electron chi connectivity index (χ1n) is 6.34. The average Bonchev–Trinajstić information content (AvgIpc) is 2.87. The van der Waals surface area contributed by atoms with Gasteiger partial charge in [-0.1, -0.05) is 0 Å². The number of fused-ring (bicyclic) bond motifs is 5. The highest BCUT2D eigenvalue weighted by atomic mass is 16.1. The van der Waals surface area contributed by atoms with Gasteiger partial charge in [0.15, 0.2) is 0 Å². The molecule has 0 heterocycles. The molecule has 3 fully saturated rings. The first-order chi connectivity index (χ1) is 6.90. The summed E-state index contributed by atoms with van der Waals surface area (Å²) in [6, 6.07) is 0. The summed E-state index contributed by atoms with van der Waals surface area (Å²) in [5.41, 5.74) is 0. The summed E-state index contributed by atoms with van der Waals surface area (Å²) in [6.45, 7) is 0. The Morgan fingerprint density at radius 1 is 1.07 bits per heavy atom. The lowest BCUT2D eigenvalue weighted by Crippen LogP contribution is -2.22. The van der Waals surface area contributed by atoms with Crippen LogP contribution < -0.4 is 0 Å². The molecule has 0 radical (unpaired) electrons. The van der Waals surface area contributed by atoms with Crippen LogP contribution in [0.25, 0.3) is 0 Å². The molecule has 5 atom stereocenters. The molecule has 2 bridgehead atoms. The second-order valence-electron chi connectivity index (χ2n) is 5.66. The minimum Gasteiger partial charge on any atom is -0.303 e. The molecule has 1 heteroatoms. The Balaban J connectivity index is 1.69. The molecule has 0 amide bonds. The number of hydrogen-bond donors (Lipinski definition) is 0. The molecule has 0 saturated heterocycles. The van der Waals surface area contributed by atoms with Gasteiger partial charge in [-0.25, -0.2) is 0 Å². The predicted molar refractivity (Wildman–Crippen MR) is 55.8 cm³/mol. The van der Waals surface area contributed by atoms with E-state index in [0.29, 0.717) is 0 Å². The van der Waals surface area contributed by atoms with E-state index in [9.17, 15) is 4.79 Å². The fraction of sp³-hybridized carbons (Fsp3) is 0.923. The molecule has 78 valence electrons. The highest BCUT2D eigenvalue weighted by Gasteiger charge is 2.52. The molecule has 3 aliphatic carbocycles. The molecule has 0 aromatic rings. The number of carbonyl (C=O) groups is 1. The van der Waals surface area contributed by atoms with Crippen molar-refractivity contribution in [2.75, 3.05) is 0 Å². The van der Waals surface area contributed by atoms with Crippen molar-refractivity contribution in [3.8, 4) is 0 Å². The van der Waals surface area contributed by atoms with Crippen LogP contribution in [-0.2, 0) is 4.79 Å².